The summed E-state index contributed by atoms with van der Waals surface area (Å²) in [5.74, 6) is -0.429. The van der Waals surface area contributed by atoms with Crippen LogP contribution < -0.4 is 5.32 Å². The van der Waals surface area contributed by atoms with Gasteiger partial charge in [-0.3, -0.25) is 4.79 Å². The molecule has 1 heterocycles. The fourth-order valence-electron chi connectivity index (χ4n) is 3.26. The van der Waals surface area contributed by atoms with Gasteiger partial charge >= 0.3 is 0 Å². The van der Waals surface area contributed by atoms with E-state index in [0.29, 0.717) is 0 Å². The first-order valence-electron chi connectivity index (χ1n) is 10.3. The lowest BCUT2D eigenvalue weighted by atomic mass is 9.99. The van der Waals surface area contributed by atoms with Crippen LogP contribution >= 0.6 is 0 Å². The van der Waals surface area contributed by atoms with Crippen molar-refractivity contribution in [3.63, 3.8) is 0 Å². The van der Waals surface area contributed by atoms with E-state index in [2.05, 4.69) is 5.32 Å². The van der Waals surface area contributed by atoms with Gasteiger partial charge in [0, 0.05) is 0 Å². The zero-order chi connectivity index (χ0) is 23.1. The molecule has 0 bridgehead atoms. The predicted octanol–water partition coefficient (Wildman–Crippen LogP) is -1.05. The van der Waals surface area contributed by atoms with E-state index in [1.54, 1.807) is 19.1 Å². The molecule has 0 aromatic heterocycles. The Hall–Kier alpha value is -1.66. The van der Waals surface area contributed by atoms with Gasteiger partial charge in [0.05, 0.1) is 25.2 Å². The first-order chi connectivity index (χ1) is 14.7. The molecule has 1 aliphatic rings. The lowest BCUT2D eigenvalue weighted by Crippen LogP contribution is -2.60. The highest BCUT2D eigenvalue weighted by atomic mass is 19.1. The number of hydrogen-bond acceptors (Lipinski definition) is 8. The van der Waals surface area contributed by atoms with Crippen LogP contribution in [0.5, 0.6) is 0 Å². The van der Waals surface area contributed by atoms with E-state index >= 15 is 0 Å². The van der Waals surface area contributed by atoms with E-state index < -0.39 is 68.1 Å². The van der Waals surface area contributed by atoms with Crippen LogP contribution in [0.1, 0.15) is 24.5 Å². The molecule has 1 aromatic rings. The van der Waals surface area contributed by atoms with Crippen LogP contribution in [0, 0.1) is 6.92 Å². The number of rotatable bonds is 10. The lowest BCUT2D eigenvalue weighted by molar-refractivity contribution is -0.300. The van der Waals surface area contributed by atoms with E-state index in [1.807, 2.05) is 19.1 Å². The average molecular weight is 445 g/mol. The Labute approximate surface area is 180 Å². The zero-order valence-corrected chi connectivity index (χ0v) is 17.6. The molecule has 1 aliphatic heterocycles. The van der Waals surface area contributed by atoms with Gasteiger partial charge in [-0.1, -0.05) is 36.8 Å². The van der Waals surface area contributed by atoms with E-state index in [4.69, 9.17) is 9.47 Å². The molecule has 6 N–H and O–H groups in total. The molecule has 2 rings (SSSR count). The van der Waals surface area contributed by atoms with E-state index in [1.165, 1.54) is 0 Å². The highest BCUT2D eigenvalue weighted by molar-refractivity contribution is 5.79. The van der Waals surface area contributed by atoms with Gasteiger partial charge in [0.25, 0.3) is 0 Å². The molecule has 9 nitrogen and oxygen atoms in total. The zero-order valence-electron chi connectivity index (χ0n) is 17.6. The van der Waals surface area contributed by atoms with Crippen molar-refractivity contribution in [2.45, 2.75) is 75.6 Å². The van der Waals surface area contributed by atoms with Gasteiger partial charge in [-0.25, -0.2) is 4.39 Å². The maximum absolute atomic E-state index is 13.0. The largest absolute Gasteiger partial charge is 0.390 e. The normalized spacial score (nSPS) is 29.2. The Morgan fingerprint density at radius 2 is 1.81 bits per heavy atom. The number of nitrogens with one attached hydrogen (secondary N) is 1. The summed E-state index contributed by atoms with van der Waals surface area (Å²) in [6.07, 6.45) is -10.2. The molecule has 10 heteroatoms. The fourth-order valence-corrected chi connectivity index (χ4v) is 3.26. The number of hydrogen-bond donors (Lipinski definition) is 6. The van der Waals surface area contributed by atoms with E-state index in [-0.39, 0.29) is 12.8 Å². The van der Waals surface area contributed by atoms with E-state index in [9.17, 15) is 34.7 Å². The Morgan fingerprint density at radius 1 is 1.16 bits per heavy atom. The summed E-state index contributed by atoms with van der Waals surface area (Å²) in [6.45, 7) is 2.06. The molecule has 1 amide bonds. The highest BCUT2D eigenvalue weighted by Crippen LogP contribution is 2.23. The Kier molecular flexibility index (Phi) is 9.76. The molecule has 1 aromatic carbocycles. The molecular weight excluding hydrogens is 413 g/mol. The molecule has 8 atom stereocenters. The van der Waals surface area contributed by atoms with Crippen LogP contribution in [-0.2, 0) is 20.7 Å². The average Bonchev–Trinajstić information content (AvgIpc) is 2.76. The number of amides is 1. The quantitative estimate of drug-likeness (QED) is 0.267. The van der Waals surface area contributed by atoms with Crippen molar-refractivity contribution in [2.75, 3.05) is 13.3 Å². The Morgan fingerprint density at radius 3 is 2.39 bits per heavy atom. The van der Waals surface area contributed by atoms with Gasteiger partial charge in [0.15, 0.2) is 6.29 Å². The third-order valence-electron chi connectivity index (χ3n) is 5.32. The van der Waals surface area contributed by atoms with Gasteiger partial charge in [-0.15, -0.1) is 0 Å². The standard InChI is InChI=1S/C21H32FNO8/c1-3-14(24)17(26)13(23-16(25)8-12-6-4-11(2)5-7-12)10-30-21-20(29)19(28)18(27)15(9-22)31-21/h4-7,13-15,17-21,24,26-29H,3,8-10H2,1-2H3,(H,23,25)/t13-,14+,15?,17-,18+,19?,20-,21-/m0/s1. The molecule has 0 radical (unpaired) electrons. The van der Waals surface area contributed by atoms with Crippen LogP contribution in [0.15, 0.2) is 24.3 Å². The summed E-state index contributed by atoms with van der Waals surface area (Å²) in [5, 5.41) is 52.7. The molecular formula is C21H32FNO8. The molecule has 31 heavy (non-hydrogen) atoms. The van der Waals surface area contributed by atoms with Crippen molar-refractivity contribution in [3.8, 4) is 0 Å². The van der Waals surface area contributed by atoms with Crippen molar-refractivity contribution in [1.29, 1.82) is 0 Å². The fraction of sp³-hybridized carbons (Fsp3) is 0.667. The minimum atomic E-state index is -1.69. The van der Waals surface area contributed by atoms with E-state index in [0.717, 1.165) is 11.1 Å². The third-order valence-corrected chi connectivity index (χ3v) is 5.32. The number of aryl methyl sites for hydroxylation is 1. The van der Waals surface area contributed by atoms with Crippen molar-refractivity contribution in [1.82, 2.24) is 5.32 Å². The second kappa shape index (κ2) is 11.8. The predicted molar refractivity (Wildman–Crippen MR) is 108 cm³/mol. The number of benzene rings is 1. The molecule has 0 saturated carbocycles. The number of halogens is 1. The van der Waals surface area contributed by atoms with Crippen molar-refractivity contribution >= 4 is 5.91 Å². The van der Waals surface area contributed by atoms with Gasteiger partial charge in [-0.2, -0.15) is 0 Å². The number of carbonyl (C=O) groups is 1. The number of ether oxygens (including phenoxy) is 2. The molecule has 0 spiro atoms. The number of carbonyl (C=O) groups excluding carboxylic acids is 1. The van der Waals surface area contributed by atoms with Crippen molar-refractivity contribution in [2.24, 2.45) is 0 Å². The summed E-state index contributed by atoms with van der Waals surface area (Å²) < 4.78 is 23.6. The Balaban J connectivity index is 2.03. The number of aliphatic hydroxyl groups excluding tert-OH is 5. The number of aliphatic hydroxyl groups is 5. The molecule has 1 fully saturated rings. The SMILES string of the molecule is CC[C@@H](O)[C@@H](O)[C@H](CO[C@H]1OC(CF)[C@@H](O)C(O)[C@@H]1O)NC(=O)Cc1ccc(C)cc1. The van der Waals surface area contributed by atoms with Crippen LogP contribution in [0.25, 0.3) is 0 Å². The summed E-state index contributed by atoms with van der Waals surface area (Å²) in [5.41, 5.74) is 1.80. The summed E-state index contributed by atoms with van der Waals surface area (Å²) in [6, 6.07) is 6.25. The van der Waals surface area contributed by atoms with Crippen LogP contribution in [-0.4, -0.2) is 93.7 Å². The smallest absolute Gasteiger partial charge is 0.224 e. The molecule has 1 saturated heterocycles. The highest BCUT2D eigenvalue weighted by Gasteiger charge is 2.44. The van der Waals surface area contributed by atoms with Crippen molar-refractivity contribution in [3.05, 3.63) is 35.4 Å². The van der Waals surface area contributed by atoms with Crippen LogP contribution in [0.3, 0.4) is 0 Å². The second-order valence-electron chi connectivity index (χ2n) is 7.80. The minimum Gasteiger partial charge on any atom is -0.390 e. The molecule has 2 unspecified atom stereocenters. The van der Waals surface area contributed by atoms with Crippen molar-refractivity contribution < 1.29 is 44.2 Å². The van der Waals surface area contributed by atoms with Gasteiger partial charge in [-0.05, 0) is 18.9 Å². The first kappa shape index (κ1) is 25.6. The Bertz CT molecular complexity index is 688. The first-order valence-corrected chi connectivity index (χ1v) is 10.3. The molecule has 176 valence electrons. The monoisotopic (exact) mass is 445 g/mol. The maximum Gasteiger partial charge on any atom is 0.224 e. The van der Waals surface area contributed by atoms with Gasteiger partial charge < -0.3 is 40.3 Å². The summed E-state index contributed by atoms with van der Waals surface area (Å²) in [7, 11) is 0. The molecule has 0 aliphatic carbocycles. The van der Waals surface area contributed by atoms with Crippen LogP contribution in [0.2, 0.25) is 0 Å². The summed E-state index contributed by atoms with van der Waals surface area (Å²) in [4.78, 5) is 12.5. The minimum absolute atomic E-state index is 0.0309. The third kappa shape index (κ3) is 6.91. The van der Waals surface area contributed by atoms with Crippen LogP contribution in [0.4, 0.5) is 4.39 Å². The van der Waals surface area contributed by atoms with Gasteiger partial charge in [0.2, 0.25) is 5.91 Å². The lowest BCUT2D eigenvalue weighted by Gasteiger charge is -2.40. The summed E-state index contributed by atoms with van der Waals surface area (Å²) >= 11 is 0. The second-order valence-corrected chi connectivity index (χ2v) is 7.80. The number of alkyl halides is 1. The topological polar surface area (TPSA) is 149 Å². The maximum atomic E-state index is 13.0. The van der Waals surface area contributed by atoms with Gasteiger partial charge in [0.1, 0.15) is 37.2 Å².